The molecule has 0 atom stereocenters. The van der Waals surface area contributed by atoms with E-state index in [2.05, 4.69) is 15.3 Å². The molecule has 8 nitrogen and oxygen atoms in total. The van der Waals surface area contributed by atoms with E-state index in [9.17, 15) is 18.0 Å². The van der Waals surface area contributed by atoms with Crippen molar-refractivity contribution < 1.29 is 22.7 Å². The zero-order valence-corrected chi connectivity index (χ0v) is 16.7. The third-order valence-corrected chi connectivity index (χ3v) is 6.44. The van der Waals surface area contributed by atoms with Gasteiger partial charge in [0.1, 0.15) is 0 Å². The number of hydrogen-bond donors (Lipinski definition) is 1. The summed E-state index contributed by atoms with van der Waals surface area (Å²) in [5.41, 5.74) is 3.78. The molecular weight excluding hydrogens is 394 g/mol. The molecular formula is C20H21N3O5S. The number of esters is 1. The zero-order valence-electron chi connectivity index (χ0n) is 15.9. The zero-order chi connectivity index (χ0) is 20.9. The molecule has 0 bridgehead atoms. The number of ether oxygens (including phenoxy) is 1. The lowest BCUT2D eigenvalue weighted by Crippen LogP contribution is -2.28. The number of sulfonamides is 1. The fourth-order valence-electron chi connectivity index (χ4n) is 2.91. The molecule has 0 radical (unpaired) electrons. The fraction of sp³-hybridized carbons (Fsp3) is 0.250. The first-order valence-corrected chi connectivity index (χ1v) is 10.5. The normalized spacial score (nSPS) is 14.8. The first kappa shape index (κ1) is 20.7. The van der Waals surface area contributed by atoms with Crippen LogP contribution in [0.25, 0.3) is 0 Å². The number of nitrogens with zero attached hydrogens (tertiary/aromatic N) is 2. The van der Waals surface area contributed by atoms with E-state index in [1.165, 1.54) is 41.9 Å². The van der Waals surface area contributed by atoms with Crippen molar-refractivity contribution in [2.24, 2.45) is 5.10 Å². The van der Waals surface area contributed by atoms with Crippen molar-refractivity contribution in [3.8, 4) is 0 Å². The van der Waals surface area contributed by atoms with Crippen LogP contribution in [0.15, 0.2) is 58.5 Å². The number of carbonyl (C=O) groups is 2. The van der Waals surface area contributed by atoms with Crippen molar-refractivity contribution in [3.63, 3.8) is 0 Å². The largest absolute Gasteiger partial charge is 0.465 e. The number of hydrogen-bond acceptors (Lipinski definition) is 6. The van der Waals surface area contributed by atoms with Gasteiger partial charge >= 0.3 is 5.97 Å². The minimum atomic E-state index is -3.51. The van der Waals surface area contributed by atoms with Gasteiger partial charge in [0.2, 0.25) is 10.0 Å². The van der Waals surface area contributed by atoms with Gasteiger partial charge in [-0.15, -0.1) is 0 Å². The van der Waals surface area contributed by atoms with Crippen molar-refractivity contribution in [1.29, 1.82) is 0 Å². The van der Waals surface area contributed by atoms with E-state index in [1.54, 1.807) is 24.3 Å². The summed E-state index contributed by atoms with van der Waals surface area (Å²) in [6.07, 6.45) is 3.16. The Morgan fingerprint density at radius 2 is 1.59 bits per heavy atom. The maximum absolute atomic E-state index is 12.5. The summed E-state index contributed by atoms with van der Waals surface area (Å²) in [4.78, 5) is 23.8. The van der Waals surface area contributed by atoms with E-state index in [0.29, 0.717) is 29.8 Å². The molecule has 0 saturated carbocycles. The first-order valence-electron chi connectivity index (χ1n) is 9.04. The van der Waals surface area contributed by atoms with Gasteiger partial charge in [-0.1, -0.05) is 12.1 Å². The standard InChI is InChI=1S/C20H21N3O5S/c1-28-20(25)17-6-4-15(5-7-17)14-21-22-19(24)16-8-10-18(11-9-16)29(26,27)23-12-2-3-13-23/h4-11,14H,2-3,12-13H2,1H3,(H,22,24)/b21-14-. The smallest absolute Gasteiger partial charge is 0.337 e. The maximum atomic E-state index is 12.5. The van der Waals surface area contributed by atoms with Crippen LogP contribution in [0, 0.1) is 0 Å². The van der Waals surface area contributed by atoms with Crippen LogP contribution in [0.3, 0.4) is 0 Å². The fourth-order valence-corrected chi connectivity index (χ4v) is 4.43. The van der Waals surface area contributed by atoms with Crippen LogP contribution in [0.1, 0.15) is 39.1 Å². The molecule has 0 aromatic heterocycles. The quantitative estimate of drug-likeness (QED) is 0.441. The van der Waals surface area contributed by atoms with E-state index in [0.717, 1.165) is 12.8 Å². The summed E-state index contributed by atoms with van der Waals surface area (Å²) in [7, 11) is -2.20. The molecule has 1 saturated heterocycles. The van der Waals surface area contributed by atoms with E-state index in [4.69, 9.17) is 0 Å². The number of rotatable bonds is 6. The number of carbonyl (C=O) groups excluding carboxylic acids is 2. The molecule has 1 amide bonds. The van der Waals surface area contributed by atoms with Crippen molar-refractivity contribution in [1.82, 2.24) is 9.73 Å². The summed E-state index contributed by atoms with van der Waals surface area (Å²) in [6, 6.07) is 12.3. The average Bonchev–Trinajstić information content (AvgIpc) is 3.29. The predicted molar refractivity (Wildman–Crippen MR) is 107 cm³/mol. The third-order valence-electron chi connectivity index (χ3n) is 4.53. The molecule has 2 aromatic carbocycles. The van der Waals surface area contributed by atoms with Crippen molar-refractivity contribution in [2.45, 2.75) is 17.7 Å². The van der Waals surface area contributed by atoms with E-state index in [-0.39, 0.29) is 4.90 Å². The minimum Gasteiger partial charge on any atom is -0.465 e. The Labute approximate surface area is 169 Å². The Hall–Kier alpha value is -3.04. The number of hydrazone groups is 1. The van der Waals surface area contributed by atoms with E-state index >= 15 is 0 Å². The van der Waals surface area contributed by atoms with Gasteiger partial charge in [-0.3, -0.25) is 4.79 Å². The van der Waals surface area contributed by atoms with Crippen LogP contribution in [0.2, 0.25) is 0 Å². The Morgan fingerprint density at radius 3 is 2.17 bits per heavy atom. The molecule has 29 heavy (non-hydrogen) atoms. The maximum Gasteiger partial charge on any atom is 0.337 e. The number of methoxy groups -OCH3 is 1. The molecule has 1 heterocycles. The molecule has 1 aliphatic rings. The van der Waals surface area contributed by atoms with E-state index in [1.807, 2.05) is 0 Å². The molecule has 2 aromatic rings. The van der Waals surface area contributed by atoms with E-state index < -0.39 is 21.9 Å². The number of benzene rings is 2. The predicted octanol–water partition coefficient (Wildman–Crippen LogP) is 2.02. The van der Waals surface area contributed by atoms with Crippen LogP contribution in [0.4, 0.5) is 0 Å². The molecule has 1 fully saturated rings. The number of nitrogens with one attached hydrogen (secondary N) is 1. The molecule has 9 heteroatoms. The molecule has 0 spiro atoms. The first-order chi connectivity index (χ1) is 13.9. The summed E-state index contributed by atoms with van der Waals surface area (Å²) in [5.74, 6) is -0.894. The lowest BCUT2D eigenvalue weighted by molar-refractivity contribution is 0.0600. The van der Waals surface area contributed by atoms with Crippen LogP contribution >= 0.6 is 0 Å². The summed E-state index contributed by atoms with van der Waals surface area (Å²) < 4.78 is 31.1. The van der Waals surface area contributed by atoms with Gasteiger partial charge in [0.15, 0.2) is 0 Å². The average molecular weight is 415 g/mol. The third kappa shape index (κ3) is 4.87. The van der Waals surface area contributed by atoms with Gasteiger partial charge in [0, 0.05) is 18.7 Å². The highest BCUT2D eigenvalue weighted by molar-refractivity contribution is 7.89. The highest BCUT2D eigenvalue weighted by atomic mass is 32.2. The van der Waals surface area contributed by atoms with Crippen LogP contribution in [-0.4, -0.2) is 51.0 Å². The van der Waals surface area contributed by atoms with Gasteiger partial charge in [-0.05, 0) is 54.8 Å². The SMILES string of the molecule is COC(=O)c1ccc(/C=N\NC(=O)c2ccc(S(=O)(=O)N3CCCC3)cc2)cc1. The van der Waals surface area contributed by atoms with Gasteiger partial charge in [0.05, 0.1) is 23.8 Å². The van der Waals surface area contributed by atoms with Crippen LogP contribution < -0.4 is 5.43 Å². The second-order valence-corrected chi connectivity index (χ2v) is 8.39. The molecule has 3 rings (SSSR count). The van der Waals surface area contributed by atoms with Crippen molar-refractivity contribution >= 4 is 28.1 Å². The topological polar surface area (TPSA) is 105 Å². The van der Waals surface area contributed by atoms with Gasteiger partial charge in [-0.25, -0.2) is 18.6 Å². The monoisotopic (exact) mass is 415 g/mol. The molecule has 0 aliphatic carbocycles. The van der Waals surface area contributed by atoms with Gasteiger partial charge < -0.3 is 4.74 Å². The van der Waals surface area contributed by atoms with Gasteiger partial charge in [-0.2, -0.15) is 9.41 Å². The summed E-state index contributed by atoms with van der Waals surface area (Å²) in [6.45, 7) is 1.06. The lowest BCUT2D eigenvalue weighted by atomic mass is 10.1. The highest BCUT2D eigenvalue weighted by Crippen LogP contribution is 2.21. The molecule has 0 unspecified atom stereocenters. The van der Waals surface area contributed by atoms with Gasteiger partial charge in [0.25, 0.3) is 5.91 Å². The van der Waals surface area contributed by atoms with Crippen molar-refractivity contribution in [2.75, 3.05) is 20.2 Å². The van der Waals surface area contributed by atoms with Crippen LogP contribution in [0.5, 0.6) is 0 Å². The van der Waals surface area contributed by atoms with Crippen LogP contribution in [-0.2, 0) is 14.8 Å². The molecule has 152 valence electrons. The second kappa shape index (κ2) is 8.97. The highest BCUT2D eigenvalue weighted by Gasteiger charge is 2.27. The second-order valence-electron chi connectivity index (χ2n) is 6.45. The summed E-state index contributed by atoms with van der Waals surface area (Å²) in [5, 5.41) is 3.88. The number of amides is 1. The molecule has 1 N–H and O–H groups in total. The Balaban J connectivity index is 1.61. The Morgan fingerprint density at radius 1 is 1.00 bits per heavy atom. The lowest BCUT2D eigenvalue weighted by Gasteiger charge is -2.15. The Kier molecular flexibility index (Phi) is 6.40. The molecule has 1 aliphatic heterocycles. The minimum absolute atomic E-state index is 0.171. The van der Waals surface area contributed by atoms with Crippen molar-refractivity contribution in [3.05, 3.63) is 65.2 Å². The summed E-state index contributed by atoms with van der Waals surface area (Å²) >= 11 is 0. The Bertz CT molecular complexity index is 1010.